The Hall–Kier alpha value is -1.06. The van der Waals surface area contributed by atoms with E-state index in [1.165, 1.54) is 5.56 Å². The summed E-state index contributed by atoms with van der Waals surface area (Å²) >= 11 is 5.87. The lowest BCUT2D eigenvalue weighted by atomic mass is 10.0. The standard InChI is InChI=1S/C13H16ClNO2/c14-11-5-3-10(4-6-11)12-2-1-8-15(12)9-7-13(16)17/h3-6,12H,1-2,7-9H2,(H,16,17)/t12-/m1/s1. The molecular formula is C13H16ClNO2. The van der Waals surface area contributed by atoms with E-state index < -0.39 is 5.97 Å². The first-order valence-electron chi connectivity index (χ1n) is 5.88. The van der Waals surface area contributed by atoms with Gasteiger partial charge in [0.15, 0.2) is 0 Å². The van der Waals surface area contributed by atoms with Gasteiger partial charge in [-0.15, -0.1) is 0 Å². The van der Waals surface area contributed by atoms with Gasteiger partial charge in [0.05, 0.1) is 6.42 Å². The Balaban J connectivity index is 2.03. The van der Waals surface area contributed by atoms with E-state index in [0.717, 1.165) is 24.4 Å². The van der Waals surface area contributed by atoms with Gasteiger partial charge in [0.25, 0.3) is 0 Å². The molecule has 0 aliphatic carbocycles. The maximum Gasteiger partial charge on any atom is 0.304 e. The molecule has 2 rings (SSSR count). The smallest absolute Gasteiger partial charge is 0.304 e. The zero-order chi connectivity index (χ0) is 12.3. The van der Waals surface area contributed by atoms with Gasteiger partial charge in [0, 0.05) is 17.6 Å². The van der Waals surface area contributed by atoms with Crippen molar-refractivity contribution in [3.05, 3.63) is 34.9 Å². The van der Waals surface area contributed by atoms with Crippen molar-refractivity contribution in [3.8, 4) is 0 Å². The quantitative estimate of drug-likeness (QED) is 0.897. The first-order chi connectivity index (χ1) is 8.16. The van der Waals surface area contributed by atoms with Crippen molar-refractivity contribution >= 4 is 17.6 Å². The van der Waals surface area contributed by atoms with Crippen LogP contribution in [0.5, 0.6) is 0 Å². The predicted octanol–water partition coefficient (Wildman–Crippen LogP) is 2.95. The Morgan fingerprint density at radius 2 is 2.12 bits per heavy atom. The molecule has 0 radical (unpaired) electrons. The molecular weight excluding hydrogens is 238 g/mol. The third-order valence-corrected chi connectivity index (χ3v) is 3.48. The molecule has 0 aromatic heterocycles. The van der Waals surface area contributed by atoms with E-state index in [1.807, 2.05) is 24.3 Å². The summed E-state index contributed by atoms with van der Waals surface area (Å²) in [7, 11) is 0. The largest absolute Gasteiger partial charge is 0.481 e. The molecule has 1 N–H and O–H groups in total. The Morgan fingerprint density at radius 3 is 2.76 bits per heavy atom. The highest BCUT2D eigenvalue weighted by Crippen LogP contribution is 2.32. The fourth-order valence-corrected chi connectivity index (χ4v) is 2.52. The Morgan fingerprint density at radius 1 is 1.41 bits per heavy atom. The molecule has 1 fully saturated rings. The van der Waals surface area contributed by atoms with Crippen LogP contribution in [0.2, 0.25) is 5.02 Å². The summed E-state index contributed by atoms with van der Waals surface area (Å²) in [6.45, 7) is 1.61. The number of nitrogens with zero attached hydrogens (tertiary/aromatic N) is 1. The van der Waals surface area contributed by atoms with E-state index in [-0.39, 0.29) is 6.42 Å². The first-order valence-corrected chi connectivity index (χ1v) is 6.26. The number of benzene rings is 1. The molecule has 1 aliphatic rings. The Bertz CT molecular complexity index is 391. The van der Waals surface area contributed by atoms with Crippen LogP contribution in [-0.2, 0) is 4.79 Å². The van der Waals surface area contributed by atoms with E-state index in [1.54, 1.807) is 0 Å². The highest BCUT2D eigenvalue weighted by molar-refractivity contribution is 6.30. The molecule has 1 heterocycles. The zero-order valence-electron chi connectivity index (χ0n) is 9.60. The van der Waals surface area contributed by atoms with Crippen molar-refractivity contribution in [2.75, 3.05) is 13.1 Å². The molecule has 1 saturated heterocycles. The molecule has 1 aromatic rings. The van der Waals surface area contributed by atoms with Crippen LogP contribution in [0.15, 0.2) is 24.3 Å². The Kier molecular flexibility index (Phi) is 4.02. The van der Waals surface area contributed by atoms with Crippen molar-refractivity contribution in [2.45, 2.75) is 25.3 Å². The number of hydrogen-bond donors (Lipinski definition) is 1. The van der Waals surface area contributed by atoms with E-state index in [9.17, 15) is 4.79 Å². The van der Waals surface area contributed by atoms with Crippen molar-refractivity contribution in [1.29, 1.82) is 0 Å². The van der Waals surface area contributed by atoms with E-state index in [0.29, 0.717) is 12.6 Å². The van der Waals surface area contributed by atoms with Crippen LogP contribution < -0.4 is 0 Å². The van der Waals surface area contributed by atoms with Crippen LogP contribution in [0, 0.1) is 0 Å². The van der Waals surface area contributed by atoms with Crippen molar-refractivity contribution < 1.29 is 9.90 Å². The summed E-state index contributed by atoms with van der Waals surface area (Å²) in [5.74, 6) is -0.730. The van der Waals surface area contributed by atoms with Crippen LogP contribution in [0.3, 0.4) is 0 Å². The normalized spacial score (nSPS) is 20.6. The lowest BCUT2D eigenvalue weighted by molar-refractivity contribution is -0.137. The van der Waals surface area contributed by atoms with Gasteiger partial charge in [0.1, 0.15) is 0 Å². The molecule has 0 spiro atoms. The number of hydrogen-bond acceptors (Lipinski definition) is 2. The monoisotopic (exact) mass is 253 g/mol. The second-order valence-corrected chi connectivity index (χ2v) is 4.83. The van der Waals surface area contributed by atoms with Gasteiger partial charge < -0.3 is 5.11 Å². The van der Waals surface area contributed by atoms with Gasteiger partial charge >= 0.3 is 5.97 Å². The topological polar surface area (TPSA) is 40.5 Å². The first kappa shape index (κ1) is 12.4. The molecule has 3 nitrogen and oxygen atoms in total. The maximum atomic E-state index is 10.6. The molecule has 0 bridgehead atoms. The third kappa shape index (κ3) is 3.20. The number of aliphatic carboxylic acids is 1. The van der Waals surface area contributed by atoms with Gasteiger partial charge in [-0.2, -0.15) is 0 Å². The minimum atomic E-state index is -0.730. The fourth-order valence-electron chi connectivity index (χ4n) is 2.40. The molecule has 0 unspecified atom stereocenters. The second-order valence-electron chi connectivity index (χ2n) is 4.39. The molecule has 4 heteroatoms. The number of carboxylic acids is 1. The summed E-state index contributed by atoms with van der Waals surface area (Å²) in [4.78, 5) is 12.8. The SMILES string of the molecule is O=C(O)CCN1CCC[C@@H]1c1ccc(Cl)cc1. The number of halogens is 1. The summed E-state index contributed by atoms with van der Waals surface area (Å²) in [6.07, 6.45) is 2.44. The number of carbonyl (C=O) groups is 1. The number of carboxylic acid groups (broad SMARTS) is 1. The van der Waals surface area contributed by atoms with Crippen LogP contribution in [-0.4, -0.2) is 29.1 Å². The summed E-state index contributed by atoms with van der Waals surface area (Å²) in [6, 6.07) is 8.21. The summed E-state index contributed by atoms with van der Waals surface area (Å²) < 4.78 is 0. The highest BCUT2D eigenvalue weighted by atomic mass is 35.5. The lowest BCUT2D eigenvalue weighted by Crippen LogP contribution is -2.26. The van der Waals surface area contributed by atoms with Gasteiger partial charge in [0.2, 0.25) is 0 Å². The molecule has 0 saturated carbocycles. The predicted molar refractivity (Wildman–Crippen MR) is 67.3 cm³/mol. The van der Waals surface area contributed by atoms with E-state index in [4.69, 9.17) is 16.7 Å². The maximum absolute atomic E-state index is 10.6. The Labute approximate surface area is 106 Å². The summed E-state index contributed by atoms with van der Waals surface area (Å²) in [5, 5.41) is 9.46. The van der Waals surface area contributed by atoms with Gasteiger partial charge in [-0.1, -0.05) is 23.7 Å². The average molecular weight is 254 g/mol. The minimum Gasteiger partial charge on any atom is -0.481 e. The third-order valence-electron chi connectivity index (χ3n) is 3.23. The number of rotatable bonds is 4. The van der Waals surface area contributed by atoms with Crippen molar-refractivity contribution in [2.24, 2.45) is 0 Å². The lowest BCUT2D eigenvalue weighted by Gasteiger charge is -2.24. The average Bonchev–Trinajstić information content (AvgIpc) is 2.75. The van der Waals surface area contributed by atoms with Crippen LogP contribution in [0.1, 0.15) is 30.9 Å². The van der Waals surface area contributed by atoms with Crippen LogP contribution in [0.4, 0.5) is 0 Å². The molecule has 1 aromatic carbocycles. The molecule has 17 heavy (non-hydrogen) atoms. The fraction of sp³-hybridized carbons (Fsp3) is 0.462. The molecule has 1 aliphatic heterocycles. The van der Waals surface area contributed by atoms with Gasteiger partial charge in [-0.25, -0.2) is 0 Å². The highest BCUT2D eigenvalue weighted by Gasteiger charge is 2.25. The zero-order valence-corrected chi connectivity index (χ0v) is 10.4. The van der Waals surface area contributed by atoms with Crippen molar-refractivity contribution in [3.63, 3.8) is 0 Å². The molecule has 92 valence electrons. The van der Waals surface area contributed by atoms with Gasteiger partial charge in [-0.3, -0.25) is 9.69 Å². The van der Waals surface area contributed by atoms with Crippen LogP contribution in [0.25, 0.3) is 0 Å². The van der Waals surface area contributed by atoms with Crippen LogP contribution >= 0.6 is 11.6 Å². The molecule has 0 amide bonds. The summed E-state index contributed by atoms with van der Waals surface area (Å²) in [5.41, 5.74) is 1.23. The minimum absolute atomic E-state index is 0.212. The molecule has 1 atom stereocenters. The van der Waals surface area contributed by atoms with E-state index in [2.05, 4.69) is 4.90 Å². The van der Waals surface area contributed by atoms with Gasteiger partial charge in [-0.05, 0) is 37.1 Å². The van der Waals surface area contributed by atoms with Crippen molar-refractivity contribution in [1.82, 2.24) is 4.90 Å². The van der Waals surface area contributed by atoms with E-state index >= 15 is 0 Å². The second kappa shape index (κ2) is 5.52. The number of likely N-dealkylation sites (tertiary alicyclic amines) is 1.